The van der Waals surface area contributed by atoms with Crippen LogP contribution in [-0.2, 0) is 13.0 Å². The third-order valence-corrected chi connectivity index (χ3v) is 6.53. The van der Waals surface area contributed by atoms with Gasteiger partial charge in [-0.15, -0.1) is 6.58 Å². The summed E-state index contributed by atoms with van der Waals surface area (Å²) < 4.78 is 18.7. The maximum Gasteiger partial charge on any atom is 0.275 e. The molecule has 4 aromatic carbocycles. The van der Waals surface area contributed by atoms with Crippen LogP contribution in [0.25, 0.3) is 10.8 Å². The zero-order valence-electron chi connectivity index (χ0n) is 21.4. The highest BCUT2D eigenvalue weighted by atomic mass is 127. The second-order valence-corrected chi connectivity index (χ2v) is 9.69. The summed E-state index contributed by atoms with van der Waals surface area (Å²) in [5, 5.41) is 6.14. The Morgan fingerprint density at radius 2 is 1.74 bits per heavy atom. The third kappa shape index (κ3) is 6.72. The minimum absolute atomic E-state index is 0.363. The summed E-state index contributed by atoms with van der Waals surface area (Å²) in [6.45, 7) is 6.71. The van der Waals surface area contributed by atoms with Crippen molar-refractivity contribution in [1.29, 1.82) is 0 Å². The summed E-state index contributed by atoms with van der Waals surface area (Å²) >= 11 is 2.28. The normalized spacial score (nSPS) is 10.9. The van der Waals surface area contributed by atoms with Crippen molar-refractivity contribution >= 4 is 45.5 Å². The lowest BCUT2D eigenvalue weighted by Crippen LogP contribution is -2.18. The van der Waals surface area contributed by atoms with E-state index in [-0.39, 0.29) is 5.91 Å². The van der Waals surface area contributed by atoms with Crippen LogP contribution < -0.4 is 19.6 Å². The standard InChI is InChI=1S/C31H29IN2O4/c1-4-8-25-15-22(16-29(37-5-2)30(25)38-20-21-11-13-26(32)14-12-21)19-33-34-31(35)27-17-23-9-6-7-10-24(23)18-28(27)36-3/h4,6-7,9-19H,1,5,8,20H2,2-3H3,(H,34,35)/b33-19-. The maximum atomic E-state index is 12.9. The van der Waals surface area contributed by atoms with Gasteiger partial charge in [0.15, 0.2) is 11.5 Å². The van der Waals surface area contributed by atoms with E-state index in [1.807, 2.05) is 67.6 Å². The molecule has 0 aromatic heterocycles. The third-order valence-electron chi connectivity index (χ3n) is 5.81. The summed E-state index contributed by atoms with van der Waals surface area (Å²) in [5.74, 6) is 1.41. The number of nitrogens with one attached hydrogen (secondary N) is 1. The van der Waals surface area contributed by atoms with Crippen molar-refractivity contribution in [1.82, 2.24) is 5.43 Å². The molecular weight excluding hydrogens is 591 g/mol. The molecule has 0 unspecified atom stereocenters. The van der Waals surface area contributed by atoms with E-state index in [0.717, 1.165) is 27.5 Å². The first-order valence-corrected chi connectivity index (χ1v) is 13.3. The summed E-state index contributed by atoms with van der Waals surface area (Å²) in [6, 6.07) is 23.4. The first kappa shape index (κ1) is 27.2. The van der Waals surface area contributed by atoms with E-state index in [9.17, 15) is 4.79 Å². The molecule has 194 valence electrons. The number of ether oxygens (including phenoxy) is 3. The van der Waals surface area contributed by atoms with Crippen molar-refractivity contribution in [3.8, 4) is 17.2 Å². The number of carbonyl (C=O) groups excluding carboxylic acids is 1. The van der Waals surface area contributed by atoms with E-state index >= 15 is 0 Å². The van der Waals surface area contributed by atoms with Gasteiger partial charge >= 0.3 is 0 Å². The number of nitrogens with zero attached hydrogens (tertiary/aromatic N) is 1. The van der Waals surface area contributed by atoms with Crippen molar-refractivity contribution in [3.63, 3.8) is 0 Å². The van der Waals surface area contributed by atoms with E-state index in [4.69, 9.17) is 14.2 Å². The van der Waals surface area contributed by atoms with Crippen LogP contribution in [0.3, 0.4) is 0 Å². The number of hydrogen-bond acceptors (Lipinski definition) is 5. The second-order valence-electron chi connectivity index (χ2n) is 8.45. The van der Waals surface area contributed by atoms with Crippen molar-refractivity contribution < 1.29 is 19.0 Å². The SMILES string of the molecule is C=CCc1cc(/C=N\NC(=O)c2cc3ccccc3cc2OC)cc(OCC)c1OCc1ccc(I)cc1. The fourth-order valence-electron chi connectivity index (χ4n) is 4.02. The first-order chi connectivity index (χ1) is 18.5. The van der Waals surface area contributed by atoms with Crippen LogP contribution in [-0.4, -0.2) is 25.8 Å². The Bertz CT molecular complexity index is 1470. The molecule has 6 nitrogen and oxygen atoms in total. The molecule has 0 saturated carbocycles. The molecular formula is C31H29IN2O4. The van der Waals surface area contributed by atoms with E-state index in [0.29, 0.717) is 42.4 Å². The average Bonchev–Trinajstić information content (AvgIpc) is 2.93. The number of amides is 1. The van der Waals surface area contributed by atoms with Gasteiger partial charge in [0, 0.05) is 9.13 Å². The van der Waals surface area contributed by atoms with E-state index in [1.54, 1.807) is 19.4 Å². The van der Waals surface area contributed by atoms with Crippen LogP contribution in [0.2, 0.25) is 0 Å². The Kier molecular flexibility index (Phi) is 9.37. The molecule has 0 aliphatic rings. The molecule has 1 N–H and O–H groups in total. The zero-order chi connectivity index (χ0) is 26.9. The van der Waals surface area contributed by atoms with Crippen LogP contribution in [0.1, 0.15) is 34.0 Å². The number of rotatable bonds is 11. The van der Waals surface area contributed by atoms with Gasteiger partial charge in [-0.25, -0.2) is 5.43 Å². The van der Waals surface area contributed by atoms with Crippen LogP contribution in [0.15, 0.2) is 90.6 Å². The molecule has 7 heteroatoms. The highest BCUT2D eigenvalue weighted by molar-refractivity contribution is 14.1. The molecule has 38 heavy (non-hydrogen) atoms. The van der Waals surface area contributed by atoms with E-state index in [1.165, 1.54) is 3.57 Å². The zero-order valence-corrected chi connectivity index (χ0v) is 23.5. The molecule has 0 saturated heterocycles. The number of benzene rings is 4. The predicted octanol–water partition coefficient (Wildman–Crippen LogP) is 6.92. The summed E-state index contributed by atoms with van der Waals surface area (Å²) in [4.78, 5) is 12.9. The highest BCUT2D eigenvalue weighted by Crippen LogP contribution is 2.34. The quantitative estimate of drug-likeness (QED) is 0.0856. The van der Waals surface area contributed by atoms with Crippen molar-refractivity contribution in [2.24, 2.45) is 5.10 Å². The number of fused-ring (bicyclic) bond motifs is 1. The minimum Gasteiger partial charge on any atom is -0.496 e. The van der Waals surface area contributed by atoms with Gasteiger partial charge in [-0.2, -0.15) is 5.10 Å². The van der Waals surface area contributed by atoms with Crippen LogP contribution in [0.5, 0.6) is 17.2 Å². The lowest BCUT2D eigenvalue weighted by Gasteiger charge is -2.17. The predicted molar refractivity (Wildman–Crippen MR) is 161 cm³/mol. The molecule has 0 heterocycles. The average molecular weight is 620 g/mol. The number of methoxy groups -OCH3 is 1. The van der Waals surface area contributed by atoms with Gasteiger partial charge in [-0.3, -0.25) is 4.79 Å². The smallest absolute Gasteiger partial charge is 0.275 e. The molecule has 0 radical (unpaired) electrons. The molecule has 0 aliphatic heterocycles. The van der Waals surface area contributed by atoms with Gasteiger partial charge in [0.05, 0.1) is 25.5 Å². The lowest BCUT2D eigenvalue weighted by atomic mass is 10.1. The van der Waals surface area contributed by atoms with Crippen molar-refractivity contribution in [2.75, 3.05) is 13.7 Å². The molecule has 0 aliphatic carbocycles. The van der Waals surface area contributed by atoms with Crippen molar-refractivity contribution in [2.45, 2.75) is 20.0 Å². The van der Waals surface area contributed by atoms with Gasteiger partial charge in [-0.1, -0.05) is 42.5 Å². The maximum absolute atomic E-state index is 12.9. The number of hydrogen-bond donors (Lipinski definition) is 1. The fraction of sp³-hybridized carbons (Fsp3) is 0.161. The number of carbonyl (C=O) groups is 1. The van der Waals surface area contributed by atoms with Gasteiger partial charge in [0.25, 0.3) is 5.91 Å². The molecule has 4 rings (SSSR count). The molecule has 0 spiro atoms. The van der Waals surface area contributed by atoms with Gasteiger partial charge in [0.2, 0.25) is 0 Å². The Hall–Kier alpha value is -3.85. The van der Waals surface area contributed by atoms with Gasteiger partial charge in [0.1, 0.15) is 12.4 Å². The summed E-state index contributed by atoms with van der Waals surface area (Å²) in [6.07, 6.45) is 3.99. The molecule has 4 aromatic rings. The van der Waals surface area contributed by atoms with Crippen LogP contribution >= 0.6 is 22.6 Å². The van der Waals surface area contributed by atoms with Crippen molar-refractivity contribution in [3.05, 3.63) is 111 Å². The summed E-state index contributed by atoms with van der Waals surface area (Å²) in [7, 11) is 1.54. The Labute approximate surface area is 236 Å². The van der Waals surface area contributed by atoms with Gasteiger partial charge < -0.3 is 14.2 Å². The van der Waals surface area contributed by atoms with E-state index < -0.39 is 0 Å². The van der Waals surface area contributed by atoms with Gasteiger partial charge in [-0.05, 0) is 94.2 Å². The molecule has 0 fully saturated rings. The lowest BCUT2D eigenvalue weighted by molar-refractivity contribution is 0.0952. The summed E-state index contributed by atoms with van der Waals surface area (Å²) in [5.41, 5.74) is 5.76. The molecule has 0 atom stereocenters. The molecule has 0 bridgehead atoms. The Balaban J connectivity index is 1.55. The monoisotopic (exact) mass is 620 g/mol. The molecule has 1 amide bonds. The Morgan fingerprint density at radius 1 is 1.00 bits per heavy atom. The number of allylic oxidation sites excluding steroid dienone is 1. The number of halogens is 1. The largest absolute Gasteiger partial charge is 0.496 e. The first-order valence-electron chi connectivity index (χ1n) is 12.2. The topological polar surface area (TPSA) is 69.2 Å². The van der Waals surface area contributed by atoms with E-state index in [2.05, 4.69) is 51.8 Å². The Morgan fingerprint density at radius 3 is 2.42 bits per heavy atom. The second kappa shape index (κ2) is 13.1. The fourth-order valence-corrected chi connectivity index (χ4v) is 4.38. The van der Waals surface area contributed by atoms with Crippen LogP contribution in [0, 0.1) is 3.57 Å². The van der Waals surface area contributed by atoms with Crippen LogP contribution in [0.4, 0.5) is 0 Å². The minimum atomic E-state index is -0.363. The highest BCUT2D eigenvalue weighted by Gasteiger charge is 2.15. The number of hydrazone groups is 1.